The SMILES string of the molecule is O=C(Nc1ccc(CN2CCc3ccccc32)cc1)c1n[nH]c(=O)[nH]1. The van der Waals surface area contributed by atoms with Crippen molar-refractivity contribution in [3.63, 3.8) is 0 Å². The minimum atomic E-state index is -0.508. The molecule has 0 spiro atoms. The van der Waals surface area contributed by atoms with Gasteiger partial charge in [-0.15, -0.1) is 5.10 Å². The van der Waals surface area contributed by atoms with Crippen LogP contribution in [-0.2, 0) is 13.0 Å². The van der Waals surface area contributed by atoms with Crippen molar-refractivity contribution < 1.29 is 4.79 Å². The fraction of sp³-hybridized carbons (Fsp3) is 0.167. The lowest BCUT2D eigenvalue weighted by Gasteiger charge is -2.19. The van der Waals surface area contributed by atoms with Gasteiger partial charge in [0.25, 0.3) is 5.91 Å². The minimum absolute atomic E-state index is 0.0391. The van der Waals surface area contributed by atoms with Crippen LogP contribution in [0.25, 0.3) is 0 Å². The Morgan fingerprint density at radius 2 is 1.96 bits per heavy atom. The number of carbonyl (C=O) groups is 1. The van der Waals surface area contributed by atoms with Gasteiger partial charge in [-0.25, -0.2) is 9.89 Å². The topological polar surface area (TPSA) is 93.9 Å². The second kappa shape index (κ2) is 6.27. The van der Waals surface area contributed by atoms with E-state index in [9.17, 15) is 9.59 Å². The number of hydrogen-bond acceptors (Lipinski definition) is 4. The van der Waals surface area contributed by atoms with Gasteiger partial charge in [0.05, 0.1) is 0 Å². The van der Waals surface area contributed by atoms with Gasteiger partial charge in [0, 0.05) is 24.5 Å². The van der Waals surface area contributed by atoms with Crippen LogP contribution < -0.4 is 15.9 Å². The van der Waals surface area contributed by atoms with Crippen LogP contribution in [0.2, 0.25) is 0 Å². The number of fused-ring (bicyclic) bond motifs is 1. The highest BCUT2D eigenvalue weighted by Crippen LogP contribution is 2.28. The van der Waals surface area contributed by atoms with E-state index in [2.05, 4.69) is 49.7 Å². The number of nitrogens with zero attached hydrogens (tertiary/aromatic N) is 2. The number of benzene rings is 2. The fourth-order valence-electron chi connectivity index (χ4n) is 3.05. The molecule has 2 heterocycles. The van der Waals surface area contributed by atoms with Crippen molar-refractivity contribution in [1.82, 2.24) is 15.2 Å². The first-order chi connectivity index (χ1) is 12.2. The number of nitrogens with one attached hydrogen (secondary N) is 3. The summed E-state index contributed by atoms with van der Waals surface area (Å²) in [5, 5.41) is 8.48. The van der Waals surface area contributed by atoms with Crippen molar-refractivity contribution in [2.75, 3.05) is 16.8 Å². The van der Waals surface area contributed by atoms with Crippen LogP contribution in [0.5, 0.6) is 0 Å². The maximum atomic E-state index is 12.0. The van der Waals surface area contributed by atoms with Crippen LogP contribution >= 0.6 is 0 Å². The van der Waals surface area contributed by atoms with E-state index in [4.69, 9.17) is 0 Å². The highest BCUT2D eigenvalue weighted by Gasteiger charge is 2.18. The third-order valence-corrected chi connectivity index (χ3v) is 4.28. The molecule has 3 N–H and O–H groups in total. The molecule has 1 amide bonds. The predicted molar refractivity (Wildman–Crippen MR) is 94.8 cm³/mol. The zero-order valence-electron chi connectivity index (χ0n) is 13.5. The molecule has 7 nitrogen and oxygen atoms in total. The lowest BCUT2D eigenvalue weighted by molar-refractivity contribution is 0.101. The first-order valence-corrected chi connectivity index (χ1v) is 8.07. The van der Waals surface area contributed by atoms with Crippen molar-refractivity contribution in [2.24, 2.45) is 0 Å². The van der Waals surface area contributed by atoms with Gasteiger partial charge < -0.3 is 10.2 Å². The number of amides is 1. The average molecular weight is 335 g/mol. The van der Waals surface area contributed by atoms with Crippen molar-refractivity contribution in [1.29, 1.82) is 0 Å². The number of rotatable bonds is 4. The van der Waals surface area contributed by atoms with Gasteiger partial charge in [0.15, 0.2) is 0 Å². The Balaban J connectivity index is 1.42. The van der Waals surface area contributed by atoms with Crippen molar-refractivity contribution in [3.8, 4) is 0 Å². The van der Waals surface area contributed by atoms with Gasteiger partial charge in [0.1, 0.15) is 0 Å². The summed E-state index contributed by atoms with van der Waals surface area (Å²) in [4.78, 5) is 27.6. The normalized spacial score (nSPS) is 12.9. The monoisotopic (exact) mass is 335 g/mol. The molecule has 2 aromatic carbocycles. The van der Waals surface area contributed by atoms with E-state index in [-0.39, 0.29) is 5.82 Å². The Hall–Kier alpha value is -3.35. The zero-order chi connectivity index (χ0) is 17.2. The molecule has 4 rings (SSSR count). The number of para-hydroxylation sites is 1. The first kappa shape index (κ1) is 15.2. The molecule has 1 aromatic heterocycles. The second-order valence-electron chi connectivity index (χ2n) is 5.98. The summed E-state index contributed by atoms with van der Waals surface area (Å²) in [5.74, 6) is -0.498. The summed E-state index contributed by atoms with van der Waals surface area (Å²) in [6.45, 7) is 1.85. The van der Waals surface area contributed by atoms with E-state index in [1.54, 1.807) is 0 Å². The number of aromatic amines is 2. The van der Waals surface area contributed by atoms with E-state index in [1.807, 2.05) is 24.3 Å². The molecule has 0 aliphatic carbocycles. The standard InChI is InChI=1S/C18H17N5O2/c24-17(16-20-18(25)22-21-16)19-14-7-5-12(6-8-14)11-23-10-9-13-3-1-2-4-15(13)23/h1-8H,9-11H2,(H,19,24)(H2,20,21,22,25). The summed E-state index contributed by atoms with van der Waals surface area (Å²) in [6, 6.07) is 16.1. The Labute approximate surface area is 143 Å². The molecule has 0 atom stereocenters. The summed E-state index contributed by atoms with van der Waals surface area (Å²) in [7, 11) is 0. The molecule has 0 fully saturated rings. The number of H-pyrrole nitrogens is 2. The van der Waals surface area contributed by atoms with E-state index < -0.39 is 11.6 Å². The van der Waals surface area contributed by atoms with Gasteiger partial charge in [-0.3, -0.25) is 9.78 Å². The van der Waals surface area contributed by atoms with E-state index in [1.165, 1.54) is 16.8 Å². The molecule has 0 saturated carbocycles. The third kappa shape index (κ3) is 3.16. The van der Waals surface area contributed by atoms with Gasteiger partial charge in [0.2, 0.25) is 5.82 Å². The molecular weight excluding hydrogens is 318 g/mol. The van der Waals surface area contributed by atoms with Crippen LogP contribution in [0.3, 0.4) is 0 Å². The maximum Gasteiger partial charge on any atom is 0.341 e. The molecule has 3 aromatic rings. The Bertz CT molecular complexity index is 958. The molecule has 0 bridgehead atoms. The van der Waals surface area contributed by atoms with E-state index in [0.29, 0.717) is 5.69 Å². The highest BCUT2D eigenvalue weighted by molar-refractivity contribution is 6.01. The number of hydrogen-bond donors (Lipinski definition) is 3. The molecular formula is C18H17N5O2. The van der Waals surface area contributed by atoms with Gasteiger partial charge in [-0.05, 0) is 35.7 Å². The lowest BCUT2D eigenvalue weighted by atomic mass is 10.1. The van der Waals surface area contributed by atoms with Gasteiger partial charge in [-0.2, -0.15) is 0 Å². The third-order valence-electron chi connectivity index (χ3n) is 4.28. The first-order valence-electron chi connectivity index (χ1n) is 8.07. The average Bonchev–Trinajstić information content (AvgIpc) is 3.24. The molecule has 1 aliphatic rings. The van der Waals surface area contributed by atoms with E-state index in [0.717, 1.165) is 19.5 Å². The van der Waals surface area contributed by atoms with Crippen molar-refractivity contribution in [2.45, 2.75) is 13.0 Å². The largest absolute Gasteiger partial charge is 0.367 e. The Morgan fingerprint density at radius 1 is 1.16 bits per heavy atom. The van der Waals surface area contributed by atoms with E-state index >= 15 is 0 Å². The summed E-state index contributed by atoms with van der Waals surface area (Å²) >= 11 is 0. The van der Waals surface area contributed by atoms with Gasteiger partial charge in [-0.1, -0.05) is 30.3 Å². The number of anilines is 2. The molecule has 25 heavy (non-hydrogen) atoms. The summed E-state index contributed by atoms with van der Waals surface area (Å²) in [6.07, 6.45) is 1.08. The quantitative estimate of drug-likeness (QED) is 0.679. The Morgan fingerprint density at radius 3 is 2.72 bits per heavy atom. The van der Waals surface area contributed by atoms with Gasteiger partial charge >= 0.3 is 5.69 Å². The number of aromatic nitrogens is 3. The molecule has 7 heteroatoms. The second-order valence-corrected chi connectivity index (χ2v) is 5.98. The van der Waals surface area contributed by atoms with Crippen LogP contribution in [0.15, 0.2) is 53.3 Å². The van der Waals surface area contributed by atoms with Crippen LogP contribution in [0, 0.1) is 0 Å². The molecule has 0 unspecified atom stereocenters. The van der Waals surface area contributed by atoms with Crippen molar-refractivity contribution in [3.05, 3.63) is 76.0 Å². The zero-order valence-corrected chi connectivity index (χ0v) is 13.5. The van der Waals surface area contributed by atoms with Crippen molar-refractivity contribution >= 4 is 17.3 Å². The summed E-state index contributed by atoms with van der Waals surface area (Å²) in [5.41, 5.74) is 4.00. The number of carbonyl (C=O) groups excluding carboxylic acids is 1. The molecule has 0 saturated heterocycles. The Kier molecular flexibility index (Phi) is 3.81. The molecule has 1 aliphatic heterocycles. The molecule has 126 valence electrons. The maximum absolute atomic E-state index is 12.0. The predicted octanol–water partition coefficient (Wildman–Crippen LogP) is 1.91. The van der Waals surface area contributed by atoms with Crippen LogP contribution in [0.4, 0.5) is 11.4 Å². The molecule has 0 radical (unpaired) electrons. The summed E-state index contributed by atoms with van der Waals surface area (Å²) < 4.78 is 0. The van der Waals surface area contributed by atoms with Crippen LogP contribution in [-0.4, -0.2) is 27.6 Å². The van der Waals surface area contributed by atoms with Crippen LogP contribution in [0.1, 0.15) is 21.7 Å². The smallest absolute Gasteiger partial charge is 0.341 e. The minimum Gasteiger partial charge on any atom is -0.367 e. The lowest BCUT2D eigenvalue weighted by Crippen LogP contribution is -2.19. The fourth-order valence-corrected chi connectivity index (χ4v) is 3.05. The highest BCUT2D eigenvalue weighted by atomic mass is 16.2.